The molecular weight excluding hydrogens is 370 g/mol. The van der Waals surface area contributed by atoms with Crippen LogP contribution in [0, 0.1) is 0 Å². The normalized spacial score (nSPS) is 12.7. The van der Waals surface area contributed by atoms with Crippen molar-refractivity contribution in [1.82, 2.24) is 9.48 Å². The zero-order valence-corrected chi connectivity index (χ0v) is 18.1. The van der Waals surface area contributed by atoms with E-state index in [0.29, 0.717) is 5.69 Å². The second-order valence-electron chi connectivity index (χ2n) is 8.02. The van der Waals surface area contributed by atoms with Crippen LogP contribution in [0.2, 0.25) is 0 Å². The molecule has 0 fully saturated rings. The number of hydrogen-bond acceptors (Lipinski definition) is 3. The van der Waals surface area contributed by atoms with Gasteiger partial charge in [-0.3, -0.25) is 0 Å². The molecule has 2 aromatic rings. The van der Waals surface area contributed by atoms with Crippen LogP contribution < -0.4 is 15.7 Å². The molecule has 4 nitrogen and oxygen atoms in total. The van der Waals surface area contributed by atoms with Crippen molar-refractivity contribution >= 4 is 16.7 Å². The Morgan fingerprint density at radius 1 is 0.967 bits per heavy atom. The van der Waals surface area contributed by atoms with Crippen LogP contribution in [-0.2, 0) is 0 Å². The highest BCUT2D eigenvalue weighted by Crippen LogP contribution is 2.39. The van der Waals surface area contributed by atoms with Crippen molar-refractivity contribution in [2.45, 2.75) is 13.3 Å². The van der Waals surface area contributed by atoms with Crippen molar-refractivity contribution in [2.75, 3.05) is 39.5 Å². The van der Waals surface area contributed by atoms with Crippen molar-refractivity contribution in [3.05, 3.63) is 72.1 Å². The summed E-state index contributed by atoms with van der Waals surface area (Å²) >= 11 is 0. The molecule has 1 aliphatic heterocycles. The van der Waals surface area contributed by atoms with E-state index in [1.54, 1.807) is 0 Å². The molecule has 2 aromatic carbocycles. The number of nitrogens with zero attached hydrogens (tertiary/aromatic N) is 2. The Morgan fingerprint density at radius 2 is 1.77 bits per heavy atom. The van der Waals surface area contributed by atoms with E-state index < -0.39 is 0 Å². The van der Waals surface area contributed by atoms with Gasteiger partial charge in [0.05, 0.1) is 6.07 Å². The molecule has 0 radical (unpaired) electrons. The summed E-state index contributed by atoms with van der Waals surface area (Å²) in [6, 6.07) is 23.0. The predicted molar refractivity (Wildman–Crippen MR) is 127 cm³/mol. The SMILES string of the molecule is CC[N+](CCCN(C)C)=c1ccc2c(-c3ccccc3)c3ccc(N)cc3oc-2c1. The van der Waals surface area contributed by atoms with Crippen LogP contribution in [0.15, 0.2) is 71.1 Å². The van der Waals surface area contributed by atoms with Gasteiger partial charge in [0, 0.05) is 47.3 Å². The molecule has 0 atom stereocenters. The van der Waals surface area contributed by atoms with Gasteiger partial charge in [0.15, 0.2) is 0 Å². The van der Waals surface area contributed by atoms with Gasteiger partial charge in [-0.05, 0) is 44.8 Å². The first-order valence-corrected chi connectivity index (χ1v) is 10.6. The van der Waals surface area contributed by atoms with Crippen LogP contribution in [0.1, 0.15) is 13.3 Å². The highest BCUT2D eigenvalue weighted by Gasteiger charge is 2.18. The third kappa shape index (κ3) is 4.10. The van der Waals surface area contributed by atoms with Crippen LogP contribution in [0.3, 0.4) is 0 Å². The Bertz CT molecular complexity index is 1190. The summed E-state index contributed by atoms with van der Waals surface area (Å²) in [4.78, 5) is 2.23. The van der Waals surface area contributed by atoms with E-state index in [4.69, 9.17) is 10.2 Å². The Kier molecular flexibility index (Phi) is 5.86. The highest BCUT2D eigenvalue weighted by molar-refractivity contribution is 6.02. The second-order valence-corrected chi connectivity index (χ2v) is 8.02. The number of fused-ring (bicyclic) bond motifs is 2. The predicted octanol–water partition coefficient (Wildman–Crippen LogP) is 4.53. The lowest BCUT2D eigenvalue weighted by atomic mass is 9.93. The van der Waals surface area contributed by atoms with Crippen LogP contribution in [-0.4, -0.2) is 38.6 Å². The summed E-state index contributed by atoms with van der Waals surface area (Å²) in [7, 11) is 4.24. The first kappa shape index (κ1) is 20.2. The summed E-state index contributed by atoms with van der Waals surface area (Å²) in [5.74, 6) is 0.885. The quantitative estimate of drug-likeness (QED) is 0.294. The van der Waals surface area contributed by atoms with Crippen molar-refractivity contribution in [2.24, 2.45) is 0 Å². The van der Waals surface area contributed by atoms with Gasteiger partial charge in [-0.2, -0.15) is 0 Å². The number of nitrogen functional groups attached to an aromatic ring is 1. The van der Waals surface area contributed by atoms with Crippen molar-refractivity contribution in [1.29, 1.82) is 0 Å². The number of rotatable bonds is 6. The molecule has 4 rings (SSSR count). The molecule has 0 saturated heterocycles. The molecule has 30 heavy (non-hydrogen) atoms. The highest BCUT2D eigenvalue weighted by atomic mass is 16.3. The number of benzene rings is 3. The molecule has 0 bridgehead atoms. The van der Waals surface area contributed by atoms with E-state index in [2.05, 4.69) is 79.0 Å². The minimum absolute atomic E-state index is 0.708. The number of hydrogen-bond donors (Lipinski definition) is 1. The number of anilines is 1. The first-order chi connectivity index (χ1) is 14.6. The molecule has 4 heteroatoms. The maximum absolute atomic E-state index is 6.35. The third-order valence-electron chi connectivity index (χ3n) is 5.57. The largest absolute Gasteiger partial charge is 0.456 e. The molecule has 2 aliphatic rings. The van der Waals surface area contributed by atoms with E-state index in [-0.39, 0.29) is 0 Å². The number of nitrogens with two attached hydrogens (primary N) is 1. The Hall–Kier alpha value is -3.11. The molecule has 0 aromatic heterocycles. The first-order valence-electron chi connectivity index (χ1n) is 10.6. The molecule has 0 saturated carbocycles. The van der Waals surface area contributed by atoms with Gasteiger partial charge in [0.2, 0.25) is 5.36 Å². The third-order valence-corrected chi connectivity index (χ3v) is 5.57. The van der Waals surface area contributed by atoms with Gasteiger partial charge in [-0.15, -0.1) is 0 Å². The molecule has 0 amide bonds. The van der Waals surface area contributed by atoms with Gasteiger partial charge in [0.1, 0.15) is 24.4 Å². The van der Waals surface area contributed by atoms with Gasteiger partial charge < -0.3 is 15.1 Å². The summed E-state index contributed by atoms with van der Waals surface area (Å²) in [6.07, 6.45) is 1.12. The van der Waals surface area contributed by atoms with Crippen molar-refractivity contribution in [3.8, 4) is 22.5 Å². The van der Waals surface area contributed by atoms with E-state index in [1.165, 1.54) is 16.5 Å². The maximum atomic E-state index is 6.35. The fraction of sp³-hybridized carbons (Fsp3) is 0.269. The standard InChI is InChI=1S/C26H29N3O/c1-4-29(16-8-15-28(2)3)21-12-14-23-25(18-21)30-24-17-20(27)11-13-22(24)26(23)19-9-6-5-7-10-19/h5-7,9-14,17-18,27H,4,8,15-16H2,1-3H3/p+1. The average Bonchev–Trinajstić information content (AvgIpc) is 2.75. The molecule has 154 valence electrons. The lowest BCUT2D eigenvalue weighted by Crippen LogP contribution is -2.32. The zero-order chi connectivity index (χ0) is 21.1. The fourth-order valence-corrected chi connectivity index (χ4v) is 4.06. The summed E-state index contributed by atoms with van der Waals surface area (Å²) < 4.78 is 8.76. The topological polar surface area (TPSA) is 45.4 Å². The van der Waals surface area contributed by atoms with Crippen molar-refractivity contribution < 1.29 is 4.42 Å². The average molecular weight is 401 g/mol. The van der Waals surface area contributed by atoms with Crippen molar-refractivity contribution in [3.63, 3.8) is 0 Å². The van der Waals surface area contributed by atoms with Gasteiger partial charge in [-0.25, -0.2) is 4.58 Å². The van der Waals surface area contributed by atoms with E-state index in [9.17, 15) is 0 Å². The van der Waals surface area contributed by atoms with E-state index in [0.717, 1.165) is 48.3 Å². The lowest BCUT2D eigenvalue weighted by Gasteiger charge is -2.15. The molecular formula is C26H30N3O+. The second kappa shape index (κ2) is 8.72. The smallest absolute Gasteiger partial charge is 0.203 e. The van der Waals surface area contributed by atoms with Gasteiger partial charge >= 0.3 is 0 Å². The van der Waals surface area contributed by atoms with E-state index >= 15 is 0 Å². The maximum Gasteiger partial charge on any atom is 0.203 e. The van der Waals surface area contributed by atoms with Gasteiger partial charge in [-0.1, -0.05) is 30.3 Å². The minimum atomic E-state index is 0.708. The Balaban J connectivity index is 1.93. The van der Waals surface area contributed by atoms with E-state index in [1.807, 2.05) is 18.2 Å². The molecule has 1 aliphatic carbocycles. The molecule has 0 unspecified atom stereocenters. The van der Waals surface area contributed by atoms with Gasteiger partial charge in [0.25, 0.3) is 0 Å². The zero-order valence-electron chi connectivity index (χ0n) is 18.1. The summed E-state index contributed by atoms with van der Waals surface area (Å²) in [6.45, 7) is 5.27. The van der Waals surface area contributed by atoms with Crippen LogP contribution in [0.4, 0.5) is 5.69 Å². The molecule has 0 spiro atoms. The summed E-state index contributed by atoms with van der Waals surface area (Å²) in [5, 5.41) is 2.27. The van der Waals surface area contributed by atoms with Crippen LogP contribution in [0.5, 0.6) is 0 Å². The minimum Gasteiger partial charge on any atom is -0.456 e. The summed E-state index contributed by atoms with van der Waals surface area (Å²) in [5.41, 5.74) is 11.1. The molecule has 2 N–H and O–H groups in total. The monoisotopic (exact) mass is 400 g/mol. The Labute approximate surface area is 178 Å². The molecule has 1 heterocycles. The van der Waals surface area contributed by atoms with Crippen LogP contribution in [0.25, 0.3) is 33.4 Å². The Morgan fingerprint density at radius 3 is 2.50 bits per heavy atom. The fourth-order valence-electron chi connectivity index (χ4n) is 4.06. The lowest BCUT2D eigenvalue weighted by molar-refractivity contribution is 0.387. The van der Waals surface area contributed by atoms with Crippen LogP contribution >= 0.6 is 0 Å².